The molecule has 1 heterocycles. The lowest BCUT2D eigenvalue weighted by molar-refractivity contribution is 0.0601. The summed E-state index contributed by atoms with van der Waals surface area (Å²) in [6.07, 6.45) is 3.66. The lowest BCUT2D eigenvalue weighted by atomic mass is 9.69. The molecule has 4 heteroatoms. The molecule has 0 unspecified atom stereocenters. The van der Waals surface area contributed by atoms with Gasteiger partial charge in [0.05, 0.1) is 25.0 Å². The minimum Gasteiger partial charge on any atom is -0.491 e. The third-order valence-corrected chi connectivity index (χ3v) is 4.02. The molecule has 0 aromatic heterocycles. The Labute approximate surface area is 106 Å². The van der Waals surface area contributed by atoms with Crippen molar-refractivity contribution in [1.29, 1.82) is 0 Å². The van der Waals surface area contributed by atoms with Gasteiger partial charge in [0.1, 0.15) is 5.75 Å². The van der Waals surface area contributed by atoms with Gasteiger partial charge in [-0.2, -0.15) is 0 Å². The monoisotopic (exact) mass is 247 g/mol. The van der Waals surface area contributed by atoms with Gasteiger partial charge in [-0.15, -0.1) is 0 Å². The van der Waals surface area contributed by atoms with Crippen molar-refractivity contribution >= 4 is 11.7 Å². The Morgan fingerprint density at radius 2 is 2.28 bits per heavy atom. The highest BCUT2D eigenvalue weighted by atomic mass is 16.5. The molecule has 1 saturated carbocycles. The number of hydrogen-bond acceptors (Lipinski definition) is 4. The lowest BCUT2D eigenvalue weighted by Gasteiger charge is -2.40. The van der Waals surface area contributed by atoms with Crippen LogP contribution in [-0.4, -0.2) is 26.2 Å². The van der Waals surface area contributed by atoms with E-state index in [1.807, 2.05) is 12.1 Å². The second-order valence-corrected chi connectivity index (χ2v) is 5.17. The van der Waals surface area contributed by atoms with Gasteiger partial charge < -0.3 is 14.8 Å². The summed E-state index contributed by atoms with van der Waals surface area (Å²) in [6.45, 7) is 1.60. The highest BCUT2D eigenvalue weighted by Gasteiger charge is 2.39. The number of ether oxygens (including phenoxy) is 2. The van der Waals surface area contributed by atoms with Gasteiger partial charge in [0.2, 0.25) is 0 Å². The van der Waals surface area contributed by atoms with Crippen LogP contribution < -0.4 is 10.1 Å². The molecule has 1 aromatic carbocycles. The minimum atomic E-state index is -0.326. The molecule has 0 amide bonds. The number of fused-ring (bicyclic) bond motifs is 1. The van der Waals surface area contributed by atoms with Crippen LogP contribution in [0.2, 0.25) is 0 Å². The van der Waals surface area contributed by atoms with Gasteiger partial charge in [0.25, 0.3) is 0 Å². The van der Waals surface area contributed by atoms with Gasteiger partial charge in [0, 0.05) is 12.0 Å². The van der Waals surface area contributed by atoms with E-state index in [1.165, 1.54) is 26.4 Å². The van der Waals surface area contributed by atoms with E-state index in [4.69, 9.17) is 9.47 Å². The maximum Gasteiger partial charge on any atom is 0.340 e. The molecule has 1 fully saturated rings. The Kier molecular flexibility index (Phi) is 2.65. The zero-order valence-corrected chi connectivity index (χ0v) is 10.5. The van der Waals surface area contributed by atoms with Gasteiger partial charge in [-0.1, -0.05) is 12.5 Å². The van der Waals surface area contributed by atoms with Gasteiger partial charge >= 0.3 is 5.97 Å². The van der Waals surface area contributed by atoms with Crippen LogP contribution in [-0.2, 0) is 4.74 Å². The van der Waals surface area contributed by atoms with Crippen molar-refractivity contribution in [2.45, 2.75) is 19.3 Å². The molecule has 1 aliphatic carbocycles. The van der Waals surface area contributed by atoms with Crippen LogP contribution in [0.3, 0.4) is 0 Å². The molecule has 96 valence electrons. The SMILES string of the molecule is COC(=O)c1cccc2c1NCC1(CCC1)CO2. The van der Waals surface area contributed by atoms with E-state index in [-0.39, 0.29) is 11.4 Å². The van der Waals surface area contributed by atoms with Crippen molar-refractivity contribution in [3.63, 3.8) is 0 Å². The Hall–Kier alpha value is -1.71. The highest BCUT2D eigenvalue weighted by molar-refractivity contribution is 5.97. The van der Waals surface area contributed by atoms with E-state index in [0.717, 1.165) is 24.6 Å². The Morgan fingerprint density at radius 3 is 2.94 bits per heavy atom. The third-order valence-electron chi connectivity index (χ3n) is 4.02. The predicted octanol–water partition coefficient (Wildman–Crippen LogP) is 2.45. The number of hydrogen-bond donors (Lipinski definition) is 1. The molecule has 1 spiro atoms. The van der Waals surface area contributed by atoms with E-state index in [0.29, 0.717) is 5.56 Å². The summed E-state index contributed by atoms with van der Waals surface area (Å²) in [5, 5.41) is 3.38. The van der Waals surface area contributed by atoms with Crippen molar-refractivity contribution < 1.29 is 14.3 Å². The fourth-order valence-electron chi connectivity index (χ4n) is 2.67. The molecule has 1 aromatic rings. The van der Waals surface area contributed by atoms with E-state index in [1.54, 1.807) is 6.07 Å². The Bertz CT molecular complexity index is 480. The summed E-state index contributed by atoms with van der Waals surface area (Å²) in [6, 6.07) is 5.48. The van der Waals surface area contributed by atoms with Gasteiger partial charge in [-0.25, -0.2) is 4.79 Å². The zero-order chi connectivity index (χ0) is 12.6. The molecule has 3 rings (SSSR count). The van der Waals surface area contributed by atoms with Crippen LogP contribution in [0.4, 0.5) is 5.69 Å². The number of esters is 1. The maximum absolute atomic E-state index is 11.7. The fraction of sp³-hybridized carbons (Fsp3) is 0.500. The van der Waals surface area contributed by atoms with E-state index >= 15 is 0 Å². The number of carbonyl (C=O) groups excluding carboxylic acids is 1. The van der Waals surface area contributed by atoms with Crippen LogP contribution in [0.15, 0.2) is 18.2 Å². The largest absolute Gasteiger partial charge is 0.491 e. The smallest absolute Gasteiger partial charge is 0.340 e. The topological polar surface area (TPSA) is 47.6 Å². The number of methoxy groups -OCH3 is 1. The van der Waals surface area contributed by atoms with Crippen molar-refractivity contribution in [1.82, 2.24) is 0 Å². The maximum atomic E-state index is 11.7. The molecule has 18 heavy (non-hydrogen) atoms. The average Bonchev–Trinajstić information content (AvgIpc) is 2.56. The summed E-state index contributed by atoms with van der Waals surface area (Å²) in [4.78, 5) is 11.7. The summed E-state index contributed by atoms with van der Waals surface area (Å²) in [5.74, 6) is 0.425. The first-order chi connectivity index (χ1) is 8.74. The number of carbonyl (C=O) groups is 1. The first-order valence-corrected chi connectivity index (χ1v) is 6.32. The standard InChI is InChI=1S/C14H17NO3/c1-17-13(16)10-4-2-5-11-12(10)15-8-14(9-18-11)6-3-7-14/h2,4-5,15H,3,6-9H2,1H3. The average molecular weight is 247 g/mol. The summed E-state index contributed by atoms with van der Waals surface area (Å²) in [5.41, 5.74) is 1.58. The van der Waals surface area contributed by atoms with Crippen molar-refractivity contribution in [2.75, 3.05) is 25.6 Å². The van der Waals surface area contributed by atoms with E-state index in [2.05, 4.69) is 5.32 Å². The number of rotatable bonds is 1. The molecular weight excluding hydrogens is 230 g/mol. The molecule has 4 nitrogen and oxygen atoms in total. The summed E-state index contributed by atoms with van der Waals surface area (Å²) in [7, 11) is 1.40. The number of anilines is 1. The third kappa shape index (κ3) is 1.72. The quantitative estimate of drug-likeness (QED) is 0.774. The Balaban J connectivity index is 1.93. The summed E-state index contributed by atoms with van der Waals surface area (Å²) >= 11 is 0. The summed E-state index contributed by atoms with van der Waals surface area (Å²) < 4.78 is 10.7. The van der Waals surface area contributed by atoms with Crippen molar-refractivity contribution in [3.05, 3.63) is 23.8 Å². The highest BCUT2D eigenvalue weighted by Crippen LogP contribution is 2.44. The molecular formula is C14H17NO3. The zero-order valence-electron chi connectivity index (χ0n) is 10.5. The van der Waals surface area contributed by atoms with Crippen LogP contribution in [0.5, 0.6) is 5.75 Å². The number of para-hydroxylation sites is 1. The van der Waals surface area contributed by atoms with Crippen LogP contribution >= 0.6 is 0 Å². The molecule has 0 saturated heterocycles. The predicted molar refractivity (Wildman–Crippen MR) is 68.1 cm³/mol. The van der Waals surface area contributed by atoms with Gasteiger partial charge in [-0.3, -0.25) is 0 Å². The second kappa shape index (κ2) is 4.19. The molecule has 1 N–H and O–H groups in total. The minimum absolute atomic E-state index is 0.256. The van der Waals surface area contributed by atoms with Crippen LogP contribution in [0.1, 0.15) is 29.6 Å². The molecule has 2 aliphatic rings. The van der Waals surface area contributed by atoms with E-state index in [9.17, 15) is 4.79 Å². The first-order valence-electron chi connectivity index (χ1n) is 6.32. The number of nitrogens with one attached hydrogen (secondary N) is 1. The van der Waals surface area contributed by atoms with E-state index < -0.39 is 0 Å². The van der Waals surface area contributed by atoms with Gasteiger partial charge in [0.15, 0.2) is 0 Å². The van der Waals surface area contributed by atoms with Gasteiger partial charge in [-0.05, 0) is 25.0 Å². The van der Waals surface area contributed by atoms with Crippen LogP contribution in [0.25, 0.3) is 0 Å². The Morgan fingerprint density at radius 1 is 1.44 bits per heavy atom. The second-order valence-electron chi connectivity index (χ2n) is 5.17. The van der Waals surface area contributed by atoms with Crippen molar-refractivity contribution in [2.24, 2.45) is 5.41 Å². The molecule has 0 atom stereocenters. The molecule has 0 radical (unpaired) electrons. The lowest BCUT2D eigenvalue weighted by Crippen LogP contribution is -2.40. The normalized spacial score (nSPS) is 19.8. The first kappa shape index (κ1) is 11.4. The molecule has 1 aliphatic heterocycles. The van der Waals surface area contributed by atoms with Crippen molar-refractivity contribution in [3.8, 4) is 5.75 Å². The number of benzene rings is 1. The molecule has 0 bridgehead atoms. The van der Waals surface area contributed by atoms with Crippen LogP contribution in [0, 0.1) is 5.41 Å². The fourth-order valence-corrected chi connectivity index (χ4v) is 2.67.